The van der Waals surface area contributed by atoms with Crippen LogP contribution in [0.15, 0.2) is 29.2 Å². The van der Waals surface area contributed by atoms with Crippen molar-refractivity contribution in [2.45, 2.75) is 69.2 Å². The summed E-state index contributed by atoms with van der Waals surface area (Å²) in [6, 6.07) is 5.93. The van der Waals surface area contributed by atoms with E-state index in [9.17, 15) is 18.0 Å². The molecule has 1 atom stereocenters. The minimum atomic E-state index is -3.65. The van der Waals surface area contributed by atoms with Crippen molar-refractivity contribution in [2.24, 2.45) is 5.92 Å². The number of hydrogen-bond donors (Lipinski definition) is 2. The fourth-order valence-electron chi connectivity index (χ4n) is 4.02. The summed E-state index contributed by atoms with van der Waals surface area (Å²) in [7, 11) is -3.65. The average molecular weight is 408 g/mol. The van der Waals surface area contributed by atoms with Crippen LogP contribution in [0.2, 0.25) is 0 Å². The van der Waals surface area contributed by atoms with E-state index in [2.05, 4.69) is 10.9 Å². The van der Waals surface area contributed by atoms with Gasteiger partial charge >= 0.3 is 0 Å². The maximum atomic E-state index is 13.0. The third-order valence-electron chi connectivity index (χ3n) is 5.72. The number of nitrogens with one attached hydrogen (secondary N) is 2. The first-order valence-electron chi connectivity index (χ1n) is 10.1. The first-order chi connectivity index (χ1) is 13.4. The van der Waals surface area contributed by atoms with E-state index in [1.165, 1.54) is 16.4 Å². The number of rotatable bonds is 4. The van der Waals surface area contributed by atoms with E-state index >= 15 is 0 Å². The number of hydrogen-bond acceptors (Lipinski definition) is 4. The van der Waals surface area contributed by atoms with Gasteiger partial charge in [-0.25, -0.2) is 8.42 Å². The highest BCUT2D eigenvalue weighted by atomic mass is 32.2. The maximum absolute atomic E-state index is 13.0. The zero-order chi connectivity index (χ0) is 20.1. The predicted molar refractivity (Wildman–Crippen MR) is 106 cm³/mol. The Bertz CT molecular complexity index is 818. The molecule has 28 heavy (non-hydrogen) atoms. The first-order valence-corrected chi connectivity index (χ1v) is 11.6. The Morgan fingerprint density at radius 3 is 2.43 bits per heavy atom. The molecule has 1 saturated heterocycles. The lowest BCUT2D eigenvalue weighted by molar-refractivity contribution is -0.126. The van der Waals surface area contributed by atoms with Crippen molar-refractivity contribution in [1.29, 1.82) is 0 Å². The molecule has 7 nitrogen and oxygen atoms in total. The highest BCUT2D eigenvalue weighted by Crippen LogP contribution is 2.26. The van der Waals surface area contributed by atoms with Gasteiger partial charge in [0.2, 0.25) is 15.9 Å². The summed E-state index contributed by atoms with van der Waals surface area (Å²) in [5, 5.41) is 0. The van der Waals surface area contributed by atoms with Gasteiger partial charge < -0.3 is 0 Å². The van der Waals surface area contributed by atoms with Crippen LogP contribution in [0, 0.1) is 5.92 Å². The first kappa shape index (κ1) is 20.8. The van der Waals surface area contributed by atoms with Crippen LogP contribution < -0.4 is 10.9 Å². The zero-order valence-electron chi connectivity index (χ0n) is 16.3. The van der Waals surface area contributed by atoms with Gasteiger partial charge in [-0.3, -0.25) is 20.4 Å². The van der Waals surface area contributed by atoms with Crippen molar-refractivity contribution >= 4 is 21.8 Å². The number of sulfonamides is 1. The molecule has 0 unspecified atom stereocenters. The summed E-state index contributed by atoms with van der Waals surface area (Å²) in [4.78, 5) is 24.7. The van der Waals surface area contributed by atoms with E-state index in [0.717, 1.165) is 51.4 Å². The Balaban J connectivity index is 1.66. The minimum absolute atomic E-state index is 0.0500. The Morgan fingerprint density at radius 2 is 1.71 bits per heavy atom. The molecule has 2 amide bonds. The smallest absolute Gasteiger partial charge is 0.269 e. The number of benzene rings is 1. The summed E-state index contributed by atoms with van der Waals surface area (Å²) in [6.07, 6.45) is 7.58. The summed E-state index contributed by atoms with van der Waals surface area (Å²) in [6.45, 7) is 2.41. The van der Waals surface area contributed by atoms with Crippen LogP contribution in [0.25, 0.3) is 0 Å². The van der Waals surface area contributed by atoms with E-state index in [1.54, 1.807) is 12.1 Å². The normalized spacial score (nSPS) is 21.8. The highest BCUT2D eigenvalue weighted by Gasteiger charge is 2.31. The van der Waals surface area contributed by atoms with Crippen LogP contribution in [-0.4, -0.2) is 37.1 Å². The molecule has 0 aromatic heterocycles. The number of piperidine rings is 1. The Morgan fingerprint density at radius 1 is 1.00 bits per heavy atom. The molecule has 1 saturated carbocycles. The number of carbonyl (C=O) groups excluding carboxylic acids is 2. The number of nitrogens with zero attached hydrogens (tertiary/aromatic N) is 1. The molecule has 2 N–H and O–H groups in total. The van der Waals surface area contributed by atoms with Crippen molar-refractivity contribution in [3.05, 3.63) is 29.8 Å². The van der Waals surface area contributed by atoms with Gasteiger partial charge in [0.25, 0.3) is 5.91 Å². The van der Waals surface area contributed by atoms with E-state index in [0.29, 0.717) is 6.54 Å². The quantitative estimate of drug-likeness (QED) is 0.750. The van der Waals surface area contributed by atoms with Gasteiger partial charge in [0.15, 0.2) is 0 Å². The molecule has 2 fully saturated rings. The lowest BCUT2D eigenvalue weighted by atomic mass is 9.89. The molecular weight excluding hydrogens is 378 g/mol. The van der Waals surface area contributed by atoms with Crippen LogP contribution in [0.3, 0.4) is 0 Å². The Hall–Kier alpha value is -1.93. The fourth-order valence-corrected chi connectivity index (χ4v) is 5.77. The second kappa shape index (κ2) is 9.05. The van der Waals surface area contributed by atoms with E-state index < -0.39 is 15.9 Å². The van der Waals surface area contributed by atoms with Crippen LogP contribution in [0.1, 0.15) is 68.6 Å². The molecule has 1 aromatic rings. The van der Waals surface area contributed by atoms with Crippen molar-refractivity contribution < 1.29 is 18.0 Å². The molecule has 8 heteroatoms. The fraction of sp³-hybridized carbons (Fsp3) is 0.600. The monoisotopic (exact) mass is 407 g/mol. The van der Waals surface area contributed by atoms with Gasteiger partial charge in [0, 0.05) is 24.1 Å². The SMILES string of the molecule is C[C@@H]1CCCCN1S(=O)(=O)c1cccc(C(=O)NNC(=O)C2CCCCC2)c1. The van der Waals surface area contributed by atoms with Gasteiger partial charge in [0.1, 0.15) is 0 Å². The van der Waals surface area contributed by atoms with Crippen LogP contribution in [-0.2, 0) is 14.8 Å². The minimum Gasteiger partial charge on any atom is -0.273 e. The number of carbonyl (C=O) groups is 2. The molecule has 0 bridgehead atoms. The topological polar surface area (TPSA) is 95.6 Å². The van der Waals surface area contributed by atoms with Crippen molar-refractivity contribution in [3.8, 4) is 0 Å². The van der Waals surface area contributed by atoms with Gasteiger partial charge in [0.05, 0.1) is 4.90 Å². The largest absolute Gasteiger partial charge is 0.273 e. The molecule has 1 aliphatic carbocycles. The number of amides is 2. The van der Waals surface area contributed by atoms with Crippen molar-refractivity contribution in [1.82, 2.24) is 15.2 Å². The van der Waals surface area contributed by atoms with Crippen LogP contribution in [0.5, 0.6) is 0 Å². The highest BCUT2D eigenvalue weighted by molar-refractivity contribution is 7.89. The molecule has 154 valence electrons. The third-order valence-corrected chi connectivity index (χ3v) is 7.73. The molecule has 0 spiro atoms. The average Bonchev–Trinajstić information content (AvgIpc) is 2.72. The summed E-state index contributed by atoms with van der Waals surface area (Å²) < 4.78 is 27.5. The number of hydrazine groups is 1. The van der Waals surface area contributed by atoms with Gasteiger partial charge in [-0.15, -0.1) is 0 Å². The van der Waals surface area contributed by atoms with E-state index in [1.807, 2.05) is 6.92 Å². The Kier molecular flexibility index (Phi) is 6.72. The molecule has 1 aliphatic heterocycles. The molecule has 0 radical (unpaired) electrons. The summed E-state index contributed by atoms with van der Waals surface area (Å²) in [5.74, 6) is -0.770. The molecular formula is C20H29N3O4S. The summed E-state index contributed by atoms with van der Waals surface area (Å²) >= 11 is 0. The maximum Gasteiger partial charge on any atom is 0.269 e. The predicted octanol–water partition coefficient (Wildman–Crippen LogP) is 2.59. The molecule has 3 rings (SSSR count). The summed E-state index contributed by atoms with van der Waals surface area (Å²) in [5.41, 5.74) is 5.10. The molecule has 2 aliphatic rings. The van der Waals surface area contributed by atoms with Gasteiger partial charge in [-0.2, -0.15) is 4.31 Å². The standard InChI is InChI=1S/C20H29N3O4S/c1-15-8-5-6-13-23(15)28(26,27)18-12-7-11-17(14-18)20(25)22-21-19(24)16-9-3-2-4-10-16/h7,11-12,14-16H,2-6,8-10,13H2,1H3,(H,21,24)(H,22,25)/t15-/m1/s1. The van der Waals surface area contributed by atoms with Crippen molar-refractivity contribution in [3.63, 3.8) is 0 Å². The van der Waals surface area contributed by atoms with Crippen LogP contribution in [0.4, 0.5) is 0 Å². The second-order valence-electron chi connectivity index (χ2n) is 7.77. The van der Waals surface area contributed by atoms with Gasteiger partial charge in [-0.05, 0) is 50.8 Å². The van der Waals surface area contributed by atoms with Crippen LogP contribution >= 0.6 is 0 Å². The third kappa shape index (κ3) is 4.72. The van der Waals surface area contributed by atoms with Gasteiger partial charge in [-0.1, -0.05) is 31.7 Å². The zero-order valence-corrected chi connectivity index (χ0v) is 17.1. The Labute approximate surface area is 166 Å². The lowest BCUT2D eigenvalue weighted by Gasteiger charge is -2.32. The van der Waals surface area contributed by atoms with Crippen molar-refractivity contribution in [2.75, 3.05) is 6.54 Å². The molecule has 1 aromatic carbocycles. The van der Waals surface area contributed by atoms with E-state index in [4.69, 9.17) is 0 Å². The lowest BCUT2D eigenvalue weighted by Crippen LogP contribution is -2.45. The van der Waals surface area contributed by atoms with E-state index in [-0.39, 0.29) is 28.3 Å². The second-order valence-corrected chi connectivity index (χ2v) is 9.66. The molecule has 1 heterocycles.